The molecule has 1 saturated heterocycles. The summed E-state index contributed by atoms with van der Waals surface area (Å²) >= 11 is 3.58. The molecule has 24 heavy (non-hydrogen) atoms. The van der Waals surface area contributed by atoms with Crippen molar-refractivity contribution >= 4 is 32.8 Å². The molecule has 1 aliphatic heterocycles. The Hall–Kier alpha value is -1.40. The zero-order chi connectivity index (χ0) is 16.5. The van der Waals surface area contributed by atoms with Crippen molar-refractivity contribution in [2.45, 2.75) is 38.7 Å². The minimum atomic E-state index is 0.189. The van der Waals surface area contributed by atoms with Crippen LogP contribution in [0.5, 0.6) is 5.75 Å². The molecule has 0 spiro atoms. The molecule has 1 N–H and O–H groups in total. The van der Waals surface area contributed by atoms with Gasteiger partial charge in [-0.1, -0.05) is 15.9 Å². The minimum absolute atomic E-state index is 0.189. The summed E-state index contributed by atoms with van der Waals surface area (Å²) in [7, 11) is 0. The molecule has 1 saturated carbocycles. The van der Waals surface area contributed by atoms with Crippen LogP contribution >= 0.6 is 15.9 Å². The van der Waals surface area contributed by atoms with Crippen LogP contribution in [0.15, 0.2) is 16.6 Å². The van der Waals surface area contributed by atoms with Crippen LogP contribution in [0.25, 0.3) is 10.9 Å². The van der Waals surface area contributed by atoms with Gasteiger partial charge in [-0.15, -0.1) is 0 Å². The SMILES string of the molecule is Cc1nc(NCC2CC2)nc2c(OC3CCOCC3)cc(Br)cc12. The third kappa shape index (κ3) is 3.64. The van der Waals surface area contributed by atoms with Gasteiger partial charge in [-0.2, -0.15) is 0 Å². The van der Waals surface area contributed by atoms with E-state index in [2.05, 4.69) is 32.3 Å². The summed E-state index contributed by atoms with van der Waals surface area (Å²) in [4.78, 5) is 9.35. The Morgan fingerprint density at radius 1 is 1.21 bits per heavy atom. The molecule has 5 nitrogen and oxygen atoms in total. The smallest absolute Gasteiger partial charge is 0.223 e. The summed E-state index contributed by atoms with van der Waals surface area (Å²) in [6, 6.07) is 4.07. The molecular weight excluding hydrogens is 370 g/mol. The number of aryl methyl sites for hydroxylation is 1. The van der Waals surface area contributed by atoms with Gasteiger partial charge >= 0.3 is 0 Å². The molecule has 0 unspecified atom stereocenters. The van der Waals surface area contributed by atoms with Gasteiger partial charge in [-0.25, -0.2) is 9.97 Å². The number of fused-ring (bicyclic) bond motifs is 1. The Bertz CT molecular complexity index is 743. The van der Waals surface area contributed by atoms with Crippen molar-refractivity contribution in [3.63, 3.8) is 0 Å². The lowest BCUT2D eigenvalue weighted by atomic mass is 10.1. The Morgan fingerprint density at radius 2 is 2.00 bits per heavy atom. The molecule has 0 bridgehead atoms. The topological polar surface area (TPSA) is 56.3 Å². The number of nitrogens with zero attached hydrogens (tertiary/aromatic N) is 2. The zero-order valence-corrected chi connectivity index (χ0v) is 15.4. The maximum Gasteiger partial charge on any atom is 0.223 e. The number of ether oxygens (including phenoxy) is 2. The summed E-state index contributed by atoms with van der Waals surface area (Å²) in [6.45, 7) is 4.51. The highest BCUT2D eigenvalue weighted by molar-refractivity contribution is 9.10. The Labute approximate surface area is 150 Å². The first-order valence-corrected chi connectivity index (χ1v) is 9.44. The van der Waals surface area contributed by atoms with Crippen molar-refractivity contribution in [2.75, 3.05) is 25.1 Å². The first-order chi connectivity index (χ1) is 11.7. The second-order valence-electron chi connectivity index (χ2n) is 6.69. The van der Waals surface area contributed by atoms with E-state index < -0.39 is 0 Å². The number of aromatic nitrogens is 2. The van der Waals surface area contributed by atoms with Crippen molar-refractivity contribution in [3.05, 3.63) is 22.3 Å². The molecule has 2 heterocycles. The second kappa shape index (κ2) is 6.84. The lowest BCUT2D eigenvalue weighted by molar-refractivity contribution is 0.0261. The maximum atomic E-state index is 6.27. The van der Waals surface area contributed by atoms with E-state index in [0.717, 1.165) is 65.3 Å². The molecule has 2 aliphatic rings. The number of hydrogen-bond acceptors (Lipinski definition) is 5. The highest BCUT2D eigenvalue weighted by Crippen LogP contribution is 2.33. The summed E-state index contributed by atoms with van der Waals surface area (Å²) in [5.41, 5.74) is 1.85. The zero-order valence-electron chi connectivity index (χ0n) is 13.8. The molecule has 4 rings (SSSR count). The van der Waals surface area contributed by atoms with E-state index in [0.29, 0.717) is 5.95 Å². The fourth-order valence-electron chi connectivity index (χ4n) is 3.02. The molecule has 0 amide bonds. The predicted molar refractivity (Wildman–Crippen MR) is 97.7 cm³/mol. The molecular formula is C18H22BrN3O2. The normalized spacial score (nSPS) is 18.8. The van der Waals surface area contributed by atoms with Gasteiger partial charge in [0.25, 0.3) is 0 Å². The van der Waals surface area contributed by atoms with Gasteiger partial charge in [0.15, 0.2) is 0 Å². The van der Waals surface area contributed by atoms with Crippen molar-refractivity contribution in [3.8, 4) is 5.75 Å². The fraction of sp³-hybridized carbons (Fsp3) is 0.556. The molecule has 2 aromatic rings. The Balaban J connectivity index is 1.66. The van der Waals surface area contributed by atoms with Gasteiger partial charge in [0, 0.05) is 29.2 Å². The summed E-state index contributed by atoms with van der Waals surface area (Å²) in [5.74, 6) is 2.31. The molecule has 2 fully saturated rings. The van der Waals surface area contributed by atoms with Gasteiger partial charge < -0.3 is 14.8 Å². The number of hydrogen-bond donors (Lipinski definition) is 1. The first kappa shape index (κ1) is 16.1. The van der Waals surface area contributed by atoms with E-state index in [9.17, 15) is 0 Å². The van der Waals surface area contributed by atoms with Crippen molar-refractivity contribution in [1.82, 2.24) is 9.97 Å². The van der Waals surface area contributed by atoms with E-state index in [1.165, 1.54) is 12.8 Å². The number of nitrogens with one attached hydrogen (secondary N) is 1. The van der Waals surface area contributed by atoms with Crippen molar-refractivity contribution < 1.29 is 9.47 Å². The van der Waals surface area contributed by atoms with E-state index in [-0.39, 0.29) is 6.10 Å². The third-order valence-corrected chi connectivity index (χ3v) is 5.09. The maximum absolute atomic E-state index is 6.27. The van der Waals surface area contributed by atoms with Crippen LogP contribution < -0.4 is 10.1 Å². The van der Waals surface area contributed by atoms with Gasteiger partial charge in [-0.05, 0) is 37.8 Å². The minimum Gasteiger partial charge on any atom is -0.488 e. The quantitative estimate of drug-likeness (QED) is 0.831. The standard InChI is InChI=1S/C18H22BrN3O2/c1-11-15-8-13(19)9-16(24-14-4-6-23-7-5-14)17(15)22-18(21-11)20-10-12-2-3-12/h8-9,12,14H,2-7,10H2,1H3,(H,20,21,22). The van der Waals surface area contributed by atoms with E-state index in [1.807, 2.05) is 13.0 Å². The highest BCUT2D eigenvalue weighted by Gasteiger charge is 2.22. The van der Waals surface area contributed by atoms with Crippen LogP contribution in [-0.2, 0) is 4.74 Å². The van der Waals surface area contributed by atoms with E-state index >= 15 is 0 Å². The predicted octanol–water partition coefficient (Wildman–Crippen LogP) is 4.08. The number of anilines is 1. The summed E-state index contributed by atoms with van der Waals surface area (Å²) in [5, 5.41) is 4.41. The molecule has 1 aromatic carbocycles. The summed E-state index contributed by atoms with van der Waals surface area (Å²) < 4.78 is 12.7. The molecule has 1 aromatic heterocycles. The largest absolute Gasteiger partial charge is 0.488 e. The third-order valence-electron chi connectivity index (χ3n) is 4.63. The van der Waals surface area contributed by atoms with Crippen LogP contribution in [0.1, 0.15) is 31.4 Å². The monoisotopic (exact) mass is 391 g/mol. The van der Waals surface area contributed by atoms with Crippen molar-refractivity contribution in [1.29, 1.82) is 0 Å². The summed E-state index contributed by atoms with van der Waals surface area (Å²) in [6.07, 6.45) is 4.65. The average Bonchev–Trinajstić information content (AvgIpc) is 3.39. The van der Waals surface area contributed by atoms with Crippen LogP contribution in [0.3, 0.4) is 0 Å². The molecule has 1 aliphatic carbocycles. The Kier molecular flexibility index (Phi) is 4.59. The number of halogens is 1. The van der Waals surface area contributed by atoms with E-state index in [1.54, 1.807) is 0 Å². The second-order valence-corrected chi connectivity index (χ2v) is 7.60. The lowest BCUT2D eigenvalue weighted by Crippen LogP contribution is -2.26. The molecule has 0 radical (unpaired) electrons. The fourth-order valence-corrected chi connectivity index (χ4v) is 3.45. The van der Waals surface area contributed by atoms with Crippen LogP contribution in [0, 0.1) is 12.8 Å². The molecule has 128 valence electrons. The van der Waals surface area contributed by atoms with E-state index in [4.69, 9.17) is 14.5 Å². The Morgan fingerprint density at radius 3 is 2.75 bits per heavy atom. The first-order valence-electron chi connectivity index (χ1n) is 8.65. The number of rotatable bonds is 5. The molecule has 6 heteroatoms. The van der Waals surface area contributed by atoms with Crippen LogP contribution in [0.2, 0.25) is 0 Å². The van der Waals surface area contributed by atoms with Crippen LogP contribution in [0.4, 0.5) is 5.95 Å². The lowest BCUT2D eigenvalue weighted by Gasteiger charge is -2.24. The highest BCUT2D eigenvalue weighted by atomic mass is 79.9. The van der Waals surface area contributed by atoms with Gasteiger partial charge in [0.2, 0.25) is 5.95 Å². The number of benzene rings is 1. The van der Waals surface area contributed by atoms with Gasteiger partial charge in [-0.3, -0.25) is 0 Å². The van der Waals surface area contributed by atoms with Crippen molar-refractivity contribution in [2.24, 2.45) is 5.92 Å². The van der Waals surface area contributed by atoms with Gasteiger partial charge in [0.05, 0.1) is 18.9 Å². The average molecular weight is 392 g/mol. The molecule has 0 atom stereocenters. The van der Waals surface area contributed by atoms with Gasteiger partial charge in [0.1, 0.15) is 17.4 Å². The van der Waals surface area contributed by atoms with Crippen LogP contribution in [-0.4, -0.2) is 35.8 Å².